The molecule has 0 saturated carbocycles. The van der Waals surface area contributed by atoms with E-state index in [4.69, 9.17) is 5.11 Å². The lowest BCUT2D eigenvalue weighted by Crippen LogP contribution is -2.14. The molecule has 0 aliphatic carbocycles. The molecule has 0 unspecified atom stereocenters. The summed E-state index contributed by atoms with van der Waals surface area (Å²) in [5, 5.41) is 43.0. The van der Waals surface area contributed by atoms with Crippen LogP contribution in [-0.4, -0.2) is 59.7 Å². The van der Waals surface area contributed by atoms with Gasteiger partial charge in [0.1, 0.15) is 6.33 Å². The molecular weight excluding hydrogens is 400 g/mol. The normalized spacial score (nSPS) is 11.8. The number of rotatable bonds is 8. The first-order valence-corrected chi connectivity index (χ1v) is 9.31. The Morgan fingerprint density at radius 2 is 2.03 bits per heavy atom. The number of nitro benzene ring substituents is 1. The number of benzene rings is 2. The standard InChI is InChI=1S/C17H16N6O5S/c24-8-15(25)9-29-16-6-12(5-14(7-16)23(27)28)19-17(26)11-1-3-13(4-2-11)22-10-18-20-21-22/h1-7,10,15,24-25H,8-9H2,(H,19,26)/t15-/m0/s1. The first-order chi connectivity index (χ1) is 14.0. The van der Waals surface area contributed by atoms with Crippen LogP contribution < -0.4 is 5.32 Å². The van der Waals surface area contributed by atoms with Crippen LogP contribution in [0.3, 0.4) is 0 Å². The minimum absolute atomic E-state index is 0.156. The van der Waals surface area contributed by atoms with Crippen LogP contribution in [0.25, 0.3) is 5.69 Å². The summed E-state index contributed by atoms with van der Waals surface area (Å²) in [6.45, 7) is -0.411. The fourth-order valence-electron chi connectivity index (χ4n) is 2.34. The van der Waals surface area contributed by atoms with Crippen molar-refractivity contribution in [3.05, 3.63) is 64.5 Å². The van der Waals surface area contributed by atoms with Gasteiger partial charge in [0, 0.05) is 34.0 Å². The lowest BCUT2D eigenvalue weighted by Gasteiger charge is -2.10. The maximum absolute atomic E-state index is 12.5. The van der Waals surface area contributed by atoms with E-state index in [0.29, 0.717) is 16.1 Å². The van der Waals surface area contributed by atoms with Gasteiger partial charge >= 0.3 is 0 Å². The third kappa shape index (κ3) is 5.34. The van der Waals surface area contributed by atoms with Gasteiger partial charge in [-0.05, 0) is 40.8 Å². The number of thioether (sulfide) groups is 1. The lowest BCUT2D eigenvalue weighted by atomic mass is 10.2. The highest BCUT2D eigenvalue weighted by Gasteiger charge is 2.14. The van der Waals surface area contributed by atoms with Crippen LogP contribution in [-0.2, 0) is 0 Å². The molecule has 12 heteroatoms. The molecule has 0 saturated heterocycles. The molecule has 2 aromatic carbocycles. The number of tetrazole rings is 1. The van der Waals surface area contributed by atoms with Crippen LogP contribution in [0.5, 0.6) is 0 Å². The van der Waals surface area contributed by atoms with Crippen molar-refractivity contribution in [1.29, 1.82) is 0 Å². The molecule has 1 amide bonds. The number of amides is 1. The zero-order valence-electron chi connectivity index (χ0n) is 14.9. The number of hydrogen-bond donors (Lipinski definition) is 3. The number of carbonyl (C=O) groups excluding carboxylic acids is 1. The minimum atomic E-state index is -0.948. The second-order valence-corrected chi connectivity index (χ2v) is 6.97. The molecule has 0 fully saturated rings. The summed E-state index contributed by atoms with van der Waals surface area (Å²) in [4.78, 5) is 23.6. The van der Waals surface area contributed by atoms with Crippen LogP contribution in [0.1, 0.15) is 10.4 Å². The third-order valence-corrected chi connectivity index (χ3v) is 4.88. The second-order valence-electron chi connectivity index (χ2n) is 5.88. The van der Waals surface area contributed by atoms with Crippen molar-refractivity contribution >= 4 is 29.0 Å². The van der Waals surface area contributed by atoms with Gasteiger partial charge in [-0.1, -0.05) is 0 Å². The van der Waals surface area contributed by atoms with Crippen LogP contribution in [0.4, 0.5) is 11.4 Å². The van der Waals surface area contributed by atoms with Gasteiger partial charge in [0.05, 0.1) is 23.3 Å². The molecule has 0 spiro atoms. The van der Waals surface area contributed by atoms with Crippen molar-refractivity contribution in [2.45, 2.75) is 11.0 Å². The highest BCUT2D eigenvalue weighted by atomic mass is 32.2. The Morgan fingerprint density at radius 3 is 2.66 bits per heavy atom. The highest BCUT2D eigenvalue weighted by molar-refractivity contribution is 7.99. The molecule has 0 radical (unpaired) electrons. The predicted molar refractivity (Wildman–Crippen MR) is 104 cm³/mol. The number of anilines is 1. The summed E-state index contributed by atoms with van der Waals surface area (Å²) in [5.74, 6) is -0.288. The molecule has 0 aliphatic rings. The van der Waals surface area contributed by atoms with E-state index in [-0.39, 0.29) is 17.1 Å². The molecule has 1 heterocycles. The largest absolute Gasteiger partial charge is 0.394 e. The summed E-state index contributed by atoms with van der Waals surface area (Å²) < 4.78 is 1.44. The van der Waals surface area contributed by atoms with Gasteiger partial charge < -0.3 is 15.5 Å². The van der Waals surface area contributed by atoms with Crippen LogP contribution in [0, 0.1) is 10.1 Å². The SMILES string of the molecule is O=C(Nc1cc(SC[C@@H](O)CO)cc([N+](=O)[O-])c1)c1ccc(-n2cnnn2)cc1. The van der Waals surface area contributed by atoms with Crippen molar-refractivity contribution < 1.29 is 19.9 Å². The Hall–Kier alpha value is -3.35. The fraction of sp³-hybridized carbons (Fsp3) is 0.176. The van der Waals surface area contributed by atoms with E-state index in [1.807, 2.05) is 0 Å². The molecule has 3 N–H and O–H groups in total. The summed E-state index contributed by atoms with van der Waals surface area (Å²) in [5.41, 5.74) is 1.06. The fourth-order valence-corrected chi connectivity index (χ4v) is 3.24. The van der Waals surface area contributed by atoms with E-state index < -0.39 is 23.5 Å². The van der Waals surface area contributed by atoms with E-state index in [0.717, 1.165) is 11.8 Å². The van der Waals surface area contributed by atoms with Gasteiger partial charge in [0.25, 0.3) is 11.6 Å². The highest BCUT2D eigenvalue weighted by Crippen LogP contribution is 2.28. The Balaban J connectivity index is 1.76. The molecule has 1 atom stereocenters. The van der Waals surface area contributed by atoms with E-state index >= 15 is 0 Å². The number of non-ortho nitro benzene ring substituents is 1. The molecule has 3 aromatic rings. The van der Waals surface area contributed by atoms with Gasteiger partial charge in [0.15, 0.2) is 0 Å². The van der Waals surface area contributed by atoms with E-state index in [1.54, 1.807) is 30.3 Å². The molecule has 0 bridgehead atoms. The average molecular weight is 416 g/mol. The molecular formula is C17H16N6O5S. The van der Waals surface area contributed by atoms with Crippen molar-refractivity contribution in [3.8, 4) is 5.69 Å². The van der Waals surface area contributed by atoms with Gasteiger partial charge in [-0.25, -0.2) is 4.68 Å². The predicted octanol–water partition coefficient (Wildman–Crippen LogP) is 1.27. The van der Waals surface area contributed by atoms with Crippen LogP contribution in [0.2, 0.25) is 0 Å². The molecule has 1 aromatic heterocycles. The van der Waals surface area contributed by atoms with Crippen molar-refractivity contribution in [2.75, 3.05) is 17.7 Å². The second kappa shape index (κ2) is 9.23. The molecule has 3 rings (SSSR count). The van der Waals surface area contributed by atoms with Crippen LogP contribution in [0.15, 0.2) is 53.7 Å². The maximum Gasteiger partial charge on any atom is 0.272 e. The van der Waals surface area contributed by atoms with Crippen molar-refractivity contribution in [2.24, 2.45) is 0 Å². The van der Waals surface area contributed by atoms with E-state index in [9.17, 15) is 20.0 Å². The smallest absolute Gasteiger partial charge is 0.272 e. The number of aliphatic hydroxyl groups is 2. The maximum atomic E-state index is 12.5. The Bertz CT molecular complexity index is 996. The van der Waals surface area contributed by atoms with Crippen molar-refractivity contribution in [3.63, 3.8) is 0 Å². The van der Waals surface area contributed by atoms with Crippen LogP contribution >= 0.6 is 11.8 Å². The lowest BCUT2D eigenvalue weighted by molar-refractivity contribution is -0.385. The number of nitrogens with zero attached hydrogens (tertiary/aromatic N) is 5. The monoisotopic (exact) mass is 416 g/mol. The summed E-state index contributed by atoms with van der Waals surface area (Å²) in [7, 11) is 0. The summed E-state index contributed by atoms with van der Waals surface area (Å²) in [6.07, 6.45) is 0.474. The topological polar surface area (TPSA) is 156 Å². The van der Waals surface area contributed by atoms with E-state index in [1.165, 1.54) is 23.1 Å². The molecule has 0 aliphatic heterocycles. The van der Waals surface area contributed by atoms with Gasteiger partial charge in [-0.3, -0.25) is 14.9 Å². The summed E-state index contributed by atoms with van der Waals surface area (Å²) >= 11 is 1.13. The number of nitrogens with one attached hydrogen (secondary N) is 1. The quantitative estimate of drug-likeness (QED) is 0.279. The number of nitro groups is 1. The zero-order chi connectivity index (χ0) is 20.8. The number of aromatic nitrogens is 4. The number of carbonyl (C=O) groups is 1. The van der Waals surface area contributed by atoms with E-state index in [2.05, 4.69) is 20.8 Å². The average Bonchev–Trinajstić information content (AvgIpc) is 3.26. The first kappa shape index (κ1) is 20.4. The zero-order valence-corrected chi connectivity index (χ0v) is 15.7. The number of aliphatic hydroxyl groups excluding tert-OH is 2. The first-order valence-electron chi connectivity index (χ1n) is 8.32. The third-order valence-electron chi connectivity index (χ3n) is 3.76. The molecule has 11 nitrogen and oxygen atoms in total. The molecule has 29 heavy (non-hydrogen) atoms. The Kier molecular flexibility index (Phi) is 6.49. The van der Waals surface area contributed by atoms with Gasteiger partial charge in [-0.2, -0.15) is 0 Å². The van der Waals surface area contributed by atoms with Gasteiger partial charge in [0.2, 0.25) is 0 Å². The number of hydrogen-bond acceptors (Lipinski definition) is 9. The minimum Gasteiger partial charge on any atom is -0.394 e. The van der Waals surface area contributed by atoms with Gasteiger partial charge in [-0.15, -0.1) is 16.9 Å². The Labute approximate surface area is 168 Å². The molecule has 150 valence electrons. The van der Waals surface area contributed by atoms with Crippen molar-refractivity contribution in [1.82, 2.24) is 20.2 Å². The Morgan fingerprint density at radius 1 is 1.28 bits per heavy atom. The summed E-state index contributed by atoms with van der Waals surface area (Å²) in [6, 6.07) is 10.6.